The second-order valence-electron chi connectivity index (χ2n) is 3.83. The lowest BCUT2D eigenvalue weighted by Crippen LogP contribution is -2.15. The van der Waals surface area contributed by atoms with Gasteiger partial charge in [0.2, 0.25) is 0 Å². The summed E-state index contributed by atoms with van der Waals surface area (Å²) in [6.45, 7) is 1.21. The van der Waals surface area contributed by atoms with Gasteiger partial charge in [-0.25, -0.2) is 8.42 Å². The molecule has 0 aromatic heterocycles. The molecule has 1 aromatic carbocycles. The molecular formula is C12H12N2O4S. The molecule has 100 valence electrons. The summed E-state index contributed by atoms with van der Waals surface area (Å²) in [5.74, 6) is -1.20. The topological polar surface area (TPSA) is 107 Å². The van der Waals surface area contributed by atoms with Gasteiger partial charge in [0.05, 0.1) is 4.90 Å². The Morgan fingerprint density at radius 3 is 2.53 bits per heavy atom. The van der Waals surface area contributed by atoms with Crippen LogP contribution in [0, 0.1) is 11.3 Å². The molecule has 0 unspecified atom stereocenters. The van der Waals surface area contributed by atoms with E-state index in [1.807, 2.05) is 0 Å². The van der Waals surface area contributed by atoms with E-state index in [0.717, 1.165) is 6.26 Å². The lowest BCUT2D eigenvalue weighted by molar-refractivity contribution is -0.112. The molecule has 6 nitrogen and oxygen atoms in total. The van der Waals surface area contributed by atoms with Crippen LogP contribution in [0.4, 0.5) is 5.69 Å². The van der Waals surface area contributed by atoms with Gasteiger partial charge < -0.3 is 10.4 Å². The summed E-state index contributed by atoms with van der Waals surface area (Å²) in [6, 6.07) is 7.18. The number of nitriles is 1. The maximum Gasteiger partial charge on any atom is 0.269 e. The average molecular weight is 280 g/mol. The summed E-state index contributed by atoms with van der Waals surface area (Å²) < 4.78 is 22.7. The van der Waals surface area contributed by atoms with E-state index in [-0.39, 0.29) is 10.6 Å². The van der Waals surface area contributed by atoms with Gasteiger partial charge in [0, 0.05) is 11.9 Å². The molecule has 0 saturated carbocycles. The number of anilines is 1. The molecule has 0 saturated heterocycles. The SMILES string of the molecule is CC(O)=C(C#N)C(=O)Nc1cccc(S(C)(=O)=O)c1. The lowest BCUT2D eigenvalue weighted by atomic mass is 10.2. The van der Waals surface area contributed by atoms with Gasteiger partial charge in [-0.05, 0) is 25.1 Å². The summed E-state index contributed by atoms with van der Waals surface area (Å²) in [5, 5.41) is 20.2. The van der Waals surface area contributed by atoms with Gasteiger partial charge in [-0.2, -0.15) is 5.26 Å². The molecule has 19 heavy (non-hydrogen) atoms. The van der Waals surface area contributed by atoms with Crippen molar-refractivity contribution in [3.8, 4) is 6.07 Å². The van der Waals surface area contributed by atoms with Crippen LogP contribution in [0.15, 0.2) is 40.5 Å². The van der Waals surface area contributed by atoms with Gasteiger partial charge in [-0.15, -0.1) is 0 Å². The van der Waals surface area contributed by atoms with Gasteiger partial charge in [0.15, 0.2) is 15.4 Å². The van der Waals surface area contributed by atoms with Crippen LogP contribution in [0.3, 0.4) is 0 Å². The Hall–Kier alpha value is -2.33. The Bertz CT molecular complexity index is 680. The van der Waals surface area contributed by atoms with Crippen LogP contribution in [0.1, 0.15) is 6.92 Å². The number of carbonyl (C=O) groups excluding carboxylic acids is 1. The zero-order valence-electron chi connectivity index (χ0n) is 10.3. The van der Waals surface area contributed by atoms with Gasteiger partial charge in [0.25, 0.3) is 5.91 Å². The summed E-state index contributed by atoms with van der Waals surface area (Å²) >= 11 is 0. The third-order valence-electron chi connectivity index (χ3n) is 2.22. The largest absolute Gasteiger partial charge is 0.511 e. The first-order chi connectivity index (χ1) is 8.75. The van der Waals surface area contributed by atoms with E-state index in [0.29, 0.717) is 0 Å². The third kappa shape index (κ3) is 3.82. The number of allylic oxidation sites excluding steroid dienone is 1. The fourth-order valence-corrected chi connectivity index (χ4v) is 1.96. The molecule has 1 aromatic rings. The normalized spacial score (nSPS) is 12.3. The standard InChI is InChI=1S/C12H12N2O4S/c1-8(15)11(7-13)12(16)14-9-4-3-5-10(6-9)19(2,17)18/h3-6,15H,1-2H3,(H,14,16). The van der Waals surface area contributed by atoms with Crippen molar-refractivity contribution < 1.29 is 18.3 Å². The summed E-state index contributed by atoms with van der Waals surface area (Å²) in [5.41, 5.74) is -0.202. The van der Waals surface area contributed by atoms with Gasteiger partial charge in [-0.3, -0.25) is 4.79 Å². The van der Waals surface area contributed by atoms with Crippen molar-refractivity contribution in [3.63, 3.8) is 0 Å². The molecule has 0 radical (unpaired) electrons. The zero-order chi connectivity index (χ0) is 14.6. The molecule has 0 fully saturated rings. The maximum atomic E-state index is 11.6. The highest BCUT2D eigenvalue weighted by Gasteiger charge is 2.14. The van der Waals surface area contributed by atoms with E-state index in [1.165, 1.54) is 31.2 Å². The molecule has 1 amide bonds. The number of carbonyl (C=O) groups is 1. The minimum Gasteiger partial charge on any atom is -0.511 e. The highest BCUT2D eigenvalue weighted by Crippen LogP contribution is 2.16. The van der Waals surface area contributed by atoms with Crippen LogP contribution < -0.4 is 5.32 Å². The number of sulfone groups is 1. The molecule has 0 aliphatic heterocycles. The van der Waals surface area contributed by atoms with Crippen molar-refractivity contribution in [3.05, 3.63) is 35.6 Å². The Kier molecular flexibility index (Phi) is 4.30. The monoisotopic (exact) mass is 280 g/mol. The molecule has 0 heterocycles. The molecule has 0 aliphatic rings. The van der Waals surface area contributed by atoms with Crippen LogP contribution in [-0.4, -0.2) is 25.7 Å². The average Bonchev–Trinajstić information content (AvgIpc) is 2.28. The van der Waals surface area contributed by atoms with Crippen molar-refractivity contribution in [2.24, 2.45) is 0 Å². The third-order valence-corrected chi connectivity index (χ3v) is 3.33. The number of hydrogen-bond acceptors (Lipinski definition) is 5. The molecule has 7 heteroatoms. The highest BCUT2D eigenvalue weighted by molar-refractivity contribution is 7.90. The minimum atomic E-state index is -3.38. The van der Waals surface area contributed by atoms with Crippen molar-refractivity contribution in [2.45, 2.75) is 11.8 Å². The van der Waals surface area contributed by atoms with E-state index >= 15 is 0 Å². The molecule has 0 bridgehead atoms. The van der Waals surface area contributed by atoms with Crippen LogP contribution >= 0.6 is 0 Å². The summed E-state index contributed by atoms with van der Waals surface area (Å²) in [7, 11) is -3.38. The van der Waals surface area contributed by atoms with Crippen LogP contribution in [0.25, 0.3) is 0 Å². The van der Waals surface area contributed by atoms with Gasteiger partial charge in [0.1, 0.15) is 11.8 Å². The Balaban J connectivity index is 3.06. The van der Waals surface area contributed by atoms with Crippen molar-refractivity contribution in [1.29, 1.82) is 5.26 Å². The van der Waals surface area contributed by atoms with E-state index in [4.69, 9.17) is 10.4 Å². The van der Waals surface area contributed by atoms with Gasteiger partial charge >= 0.3 is 0 Å². The van der Waals surface area contributed by atoms with Crippen molar-refractivity contribution >= 4 is 21.4 Å². The molecule has 1 rings (SSSR count). The predicted molar refractivity (Wildman–Crippen MR) is 69.1 cm³/mol. The first kappa shape index (κ1) is 14.7. The first-order valence-electron chi connectivity index (χ1n) is 5.17. The Morgan fingerprint density at radius 2 is 2.05 bits per heavy atom. The minimum absolute atomic E-state index is 0.0495. The first-order valence-corrected chi connectivity index (χ1v) is 7.06. The smallest absolute Gasteiger partial charge is 0.269 e. The van der Waals surface area contributed by atoms with Crippen LogP contribution in [0.2, 0.25) is 0 Å². The molecule has 2 N–H and O–H groups in total. The van der Waals surface area contributed by atoms with E-state index < -0.39 is 27.1 Å². The van der Waals surface area contributed by atoms with Crippen molar-refractivity contribution in [1.82, 2.24) is 0 Å². The Morgan fingerprint density at radius 1 is 1.42 bits per heavy atom. The highest BCUT2D eigenvalue weighted by atomic mass is 32.2. The summed E-state index contributed by atoms with van der Waals surface area (Å²) in [4.78, 5) is 11.7. The number of aliphatic hydroxyl groups is 1. The molecule has 0 aliphatic carbocycles. The fourth-order valence-electron chi connectivity index (χ4n) is 1.29. The number of nitrogens with one attached hydrogen (secondary N) is 1. The lowest BCUT2D eigenvalue weighted by Gasteiger charge is -2.06. The van der Waals surface area contributed by atoms with E-state index in [1.54, 1.807) is 6.07 Å². The second-order valence-corrected chi connectivity index (χ2v) is 5.84. The zero-order valence-corrected chi connectivity index (χ0v) is 11.2. The number of nitrogens with zero attached hydrogens (tertiary/aromatic N) is 1. The predicted octanol–water partition coefficient (Wildman–Crippen LogP) is 1.38. The van der Waals surface area contributed by atoms with Crippen molar-refractivity contribution in [2.75, 3.05) is 11.6 Å². The van der Waals surface area contributed by atoms with Crippen LogP contribution in [0.5, 0.6) is 0 Å². The summed E-state index contributed by atoms with van der Waals surface area (Å²) in [6.07, 6.45) is 1.05. The molecule has 0 atom stereocenters. The quantitative estimate of drug-likeness (QED) is 0.494. The maximum absolute atomic E-state index is 11.6. The van der Waals surface area contributed by atoms with E-state index in [9.17, 15) is 13.2 Å². The van der Waals surface area contributed by atoms with E-state index in [2.05, 4.69) is 5.32 Å². The Labute approximate surface area is 110 Å². The number of aliphatic hydroxyl groups excluding tert-OH is 1. The number of rotatable bonds is 3. The molecular weight excluding hydrogens is 268 g/mol. The number of amides is 1. The van der Waals surface area contributed by atoms with Gasteiger partial charge in [-0.1, -0.05) is 6.07 Å². The fraction of sp³-hybridized carbons (Fsp3) is 0.167. The molecule has 0 spiro atoms. The van der Waals surface area contributed by atoms with Crippen LogP contribution in [-0.2, 0) is 14.6 Å². The number of benzene rings is 1. The second kappa shape index (κ2) is 5.54. The number of hydrogen-bond donors (Lipinski definition) is 2.